The van der Waals surface area contributed by atoms with Crippen molar-refractivity contribution in [3.63, 3.8) is 0 Å². The molecule has 3 amide bonds. The van der Waals surface area contributed by atoms with E-state index >= 15 is 0 Å². The van der Waals surface area contributed by atoms with Gasteiger partial charge in [-0.05, 0) is 18.9 Å². The van der Waals surface area contributed by atoms with Crippen LogP contribution in [-0.2, 0) is 14.4 Å². The van der Waals surface area contributed by atoms with Crippen LogP contribution in [0.2, 0.25) is 0 Å². The summed E-state index contributed by atoms with van der Waals surface area (Å²) in [6.45, 7) is 4.16. The fourth-order valence-corrected chi connectivity index (χ4v) is 3.77. The molecule has 3 aliphatic rings. The Balaban J connectivity index is 2.05. The molecule has 0 radical (unpaired) electrons. The molecule has 0 aromatic heterocycles. The zero-order valence-corrected chi connectivity index (χ0v) is 9.49. The molecule has 5 heteroatoms. The van der Waals surface area contributed by atoms with E-state index in [9.17, 15) is 14.4 Å². The largest absolute Gasteiger partial charge is 0.337 e. The van der Waals surface area contributed by atoms with Crippen LogP contribution in [0.15, 0.2) is 12.7 Å². The number of amides is 3. The maximum Gasteiger partial charge on any atom is 0.246 e. The number of nitrogens with zero attached hydrogens (tertiary/aromatic N) is 1. The van der Waals surface area contributed by atoms with Gasteiger partial charge in [-0.1, -0.05) is 13.0 Å². The molecule has 3 fully saturated rings. The minimum Gasteiger partial charge on any atom is -0.337 e. The number of carbonyl (C=O) groups is 3. The molecular weight excluding hydrogens is 220 g/mol. The number of imide groups is 1. The van der Waals surface area contributed by atoms with Crippen LogP contribution in [0.3, 0.4) is 0 Å². The predicted octanol–water partition coefficient (Wildman–Crippen LogP) is -0.172. The van der Waals surface area contributed by atoms with Gasteiger partial charge in [0.1, 0.15) is 0 Å². The maximum absolute atomic E-state index is 12.0. The van der Waals surface area contributed by atoms with Crippen LogP contribution in [0, 0.1) is 10.8 Å². The Morgan fingerprint density at radius 1 is 1.24 bits per heavy atom. The fourth-order valence-electron chi connectivity index (χ4n) is 3.77. The van der Waals surface area contributed by atoms with Gasteiger partial charge in [0.05, 0.1) is 10.8 Å². The van der Waals surface area contributed by atoms with Crippen LogP contribution in [0.25, 0.3) is 0 Å². The standard InChI is InChI=1S/C12H14N2O3/c1-2-8(15)14-6-11-4-3-5-12(11,7-14)10(17)13-9(11)16/h2H,1,3-7H2,(H,13,16,17). The Kier molecular flexibility index (Phi) is 1.83. The van der Waals surface area contributed by atoms with Gasteiger partial charge in [-0.25, -0.2) is 0 Å². The van der Waals surface area contributed by atoms with E-state index in [-0.39, 0.29) is 17.7 Å². The van der Waals surface area contributed by atoms with Crippen LogP contribution in [-0.4, -0.2) is 35.7 Å². The normalized spacial score (nSPS) is 38.9. The lowest BCUT2D eigenvalue weighted by Gasteiger charge is -2.25. The predicted molar refractivity (Wildman–Crippen MR) is 58.6 cm³/mol. The van der Waals surface area contributed by atoms with E-state index < -0.39 is 10.8 Å². The van der Waals surface area contributed by atoms with Gasteiger partial charge in [-0.3, -0.25) is 19.7 Å². The fraction of sp³-hybridized carbons (Fsp3) is 0.583. The highest BCUT2D eigenvalue weighted by molar-refractivity contribution is 6.11. The van der Waals surface area contributed by atoms with Gasteiger partial charge < -0.3 is 4.90 Å². The number of likely N-dealkylation sites (tertiary alicyclic amines) is 1. The average molecular weight is 234 g/mol. The number of hydrogen-bond donors (Lipinski definition) is 1. The van der Waals surface area contributed by atoms with Gasteiger partial charge in [0.25, 0.3) is 0 Å². The minimum absolute atomic E-state index is 0.194. The summed E-state index contributed by atoms with van der Waals surface area (Å²) in [4.78, 5) is 37.3. The third kappa shape index (κ3) is 0.976. The van der Waals surface area contributed by atoms with Crippen molar-refractivity contribution in [2.75, 3.05) is 13.1 Å². The summed E-state index contributed by atoms with van der Waals surface area (Å²) in [5.74, 6) is -0.584. The highest BCUT2D eigenvalue weighted by Crippen LogP contribution is 2.60. The summed E-state index contributed by atoms with van der Waals surface area (Å²) >= 11 is 0. The Morgan fingerprint density at radius 3 is 2.24 bits per heavy atom. The molecule has 2 unspecified atom stereocenters. The van der Waals surface area contributed by atoms with Crippen LogP contribution in [0.4, 0.5) is 0 Å². The van der Waals surface area contributed by atoms with Crippen molar-refractivity contribution in [3.05, 3.63) is 12.7 Å². The molecule has 0 bridgehead atoms. The highest BCUT2D eigenvalue weighted by atomic mass is 16.2. The highest BCUT2D eigenvalue weighted by Gasteiger charge is 2.72. The molecular formula is C12H14N2O3. The van der Waals surface area contributed by atoms with Crippen molar-refractivity contribution in [1.29, 1.82) is 0 Å². The van der Waals surface area contributed by atoms with E-state index in [4.69, 9.17) is 0 Å². The summed E-state index contributed by atoms with van der Waals surface area (Å²) < 4.78 is 0. The molecule has 1 aliphatic carbocycles. The molecule has 0 aromatic rings. The van der Waals surface area contributed by atoms with Crippen molar-refractivity contribution in [1.82, 2.24) is 10.2 Å². The molecule has 1 saturated carbocycles. The second kappa shape index (κ2) is 2.97. The molecule has 3 rings (SSSR count). The first-order chi connectivity index (χ1) is 8.06. The average Bonchev–Trinajstić information content (AvgIpc) is 2.85. The van der Waals surface area contributed by atoms with Gasteiger partial charge in [0.15, 0.2) is 0 Å². The van der Waals surface area contributed by atoms with Gasteiger partial charge in [0, 0.05) is 13.1 Å². The quantitative estimate of drug-likeness (QED) is 0.506. The van der Waals surface area contributed by atoms with E-state index in [1.165, 1.54) is 6.08 Å². The monoisotopic (exact) mass is 234 g/mol. The first-order valence-electron chi connectivity index (χ1n) is 5.83. The van der Waals surface area contributed by atoms with Gasteiger partial charge in [-0.15, -0.1) is 0 Å². The van der Waals surface area contributed by atoms with Crippen LogP contribution in [0.5, 0.6) is 0 Å². The lowest BCUT2D eigenvalue weighted by Crippen LogP contribution is -2.38. The Labute approximate surface area is 98.8 Å². The Bertz CT molecular complexity index is 429. The molecule has 90 valence electrons. The smallest absolute Gasteiger partial charge is 0.246 e. The van der Waals surface area contributed by atoms with Crippen LogP contribution < -0.4 is 5.32 Å². The van der Waals surface area contributed by atoms with E-state index in [2.05, 4.69) is 11.9 Å². The zero-order chi connectivity index (χ0) is 12.3. The van der Waals surface area contributed by atoms with Gasteiger partial charge >= 0.3 is 0 Å². The van der Waals surface area contributed by atoms with E-state index in [1.807, 2.05) is 0 Å². The third-order valence-electron chi connectivity index (χ3n) is 4.63. The number of rotatable bonds is 1. The second-order valence-electron chi connectivity index (χ2n) is 5.20. The molecule has 2 heterocycles. The number of carbonyl (C=O) groups excluding carboxylic acids is 3. The summed E-state index contributed by atoms with van der Waals surface area (Å²) in [5, 5.41) is 2.44. The van der Waals surface area contributed by atoms with Crippen LogP contribution >= 0.6 is 0 Å². The molecule has 2 aliphatic heterocycles. The molecule has 0 aromatic carbocycles. The summed E-state index contributed by atoms with van der Waals surface area (Å²) in [6, 6.07) is 0. The van der Waals surface area contributed by atoms with Crippen molar-refractivity contribution in [3.8, 4) is 0 Å². The number of hydrogen-bond acceptors (Lipinski definition) is 3. The van der Waals surface area contributed by atoms with Crippen molar-refractivity contribution in [2.24, 2.45) is 10.8 Å². The second-order valence-corrected chi connectivity index (χ2v) is 5.20. The zero-order valence-electron chi connectivity index (χ0n) is 9.49. The first kappa shape index (κ1) is 10.5. The molecule has 1 N–H and O–H groups in total. The summed E-state index contributed by atoms with van der Waals surface area (Å²) in [7, 11) is 0. The molecule has 2 saturated heterocycles. The molecule has 5 nitrogen and oxygen atoms in total. The summed E-state index contributed by atoms with van der Waals surface area (Å²) in [5.41, 5.74) is -1.33. The Hall–Kier alpha value is -1.65. The first-order valence-corrected chi connectivity index (χ1v) is 5.83. The minimum atomic E-state index is -0.664. The summed E-state index contributed by atoms with van der Waals surface area (Å²) in [6.07, 6.45) is 3.53. The number of nitrogens with one attached hydrogen (secondary N) is 1. The van der Waals surface area contributed by atoms with Crippen molar-refractivity contribution >= 4 is 17.7 Å². The molecule has 0 spiro atoms. The van der Waals surface area contributed by atoms with E-state index in [0.717, 1.165) is 6.42 Å². The van der Waals surface area contributed by atoms with Gasteiger partial charge in [0.2, 0.25) is 17.7 Å². The lowest BCUT2D eigenvalue weighted by molar-refractivity contribution is -0.131. The van der Waals surface area contributed by atoms with Crippen LogP contribution in [0.1, 0.15) is 19.3 Å². The third-order valence-corrected chi connectivity index (χ3v) is 4.63. The van der Waals surface area contributed by atoms with E-state index in [1.54, 1.807) is 4.90 Å². The SMILES string of the molecule is C=CC(=O)N1CC23CCCC2(C1)C(=O)NC3=O. The Morgan fingerprint density at radius 2 is 1.76 bits per heavy atom. The van der Waals surface area contributed by atoms with Crippen molar-refractivity contribution in [2.45, 2.75) is 19.3 Å². The molecule has 17 heavy (non-hydrogen) atoms. The molecule has 2 atom stereocenters. The lowest BCUT2D eigenvalue weighted by atomic mass is 9.70. The van der Waals surface area contributed by atoms with E-state index in [0.29, 0.717) is 25.9 Å². The van der Waals surface area contributed by atoms with Crippen molar-refractivity contribution < 1.29 is 14.4 Å². The van der Waals surface area contributed by atoms with Gasteiger partial charge in [-0.2, -0.15) is 0 Å². The maximum atomic E-state index is 12.0. The topological polar surface area (TPSA) is 66.5 Å².